The van der Waals surface area contributed by atoms with Gasteiger partial charge in [-0.2, -0.15) is 0 Å². The second-order valence-corrected chi connectivity index (χ2v) is 8.37. The fourth-order valence-electron chi connectivity index (χ4n) is 4.12. The molecule has 5 heteroatoms. The highest BCUT2D eigenvalue weighted by Crippen LogP contribution is 2.19. The normalized spacial score (nSPS) is 15.2. The van der Waals surface area contributed by atoms with Crippen molar-refractivity contribution in [3.05, 3.63) is 65.7 Å². The average molecular weight is 423 g/mol. The van der Waals surface area contributed by atoms with Gasteiger partial charge >= 0.3 is 0 Å². The molecular formula is C26H34N2O3. The molecule has 0 saturated heterocycles. The van der Waals surface area contributed by atoms with E-state index in [1.54, 1.807) is 12.0 Å². The van der Waals surface area contributed by atoms with Crippen molar-refractivity contribution in [2.24, 2.45) is 0 Å². The van der Waals surface area contributed by atoms with Gasteiger partial charge in [0, 0.05) is 19.0 Å². The fraction of sp³-hybridized carbons (Fsp3) is 0.462. The van der Waals surface area contributed by atoms with E-state index in [4.69, 9.17) is 4.74 Å². The van der Waals surface area contributed by atoms with E-state index in [1.807, 2.05) is 61.5 Å². The van der Waals surface area contributed by atoms with Crippen LogP contribution in [0.1, 0.15) is 56.6 Å². The SMILES string of the molecule is COc1ccc(CN(C(=O)CCc2ccccc2)[C@@H](C)C(=O)NC2CCCCC2)cc1. The number of ether oxygens (including phenoxy) is 1. The molecule has 1 aliphatic rings. The highest BCUT2D eigenvalue weighted by Gasteiger charge is 2.27. The molecule has 1 fully saturated rings. The number of hydrogen-bond acceptors (Lipinski definition) is 3. The highest BCUT2D eigenvalue weighted by atomic mass is 16.5. The molecule has 1 aliphatic carbocycles. The first kappa shape index (κ1) is 22.9. The number of amides is 2. The maximum atomic E-state index is 13.2. The molecule has 166 valence electrons. The van der Waals surface area contributed by atoms with Crippen molar-refractivity contribution >= 4 is 11.8 Å². The van der Waals surface area contributed by atoms with Crippen molar-refractivity contribution in [3.8, 4) is 5.75 Å². The van der Waals surface area contributed by atoms with E-state index in [1.165, 1.54) is 6.42 Å². The number of nitrogens with one attached hydrogen (secondary N) is 1. The fourth-order valence-corrected chi connectivity index (χ4v) is 4.12. The highest BCUT2D eigenvalue weighted by molar-refractivity contribution is 5.87. The van der Waals surface area contributed by atoms with Crippen LogP contribution in [-0.4, -0.2) is 35.9 Å². The van der Waals surface area contributed by atoms with Gasteiger partial charge in [-0.25, -0.2) is 0 Å². The minimum Gasteiger partial charge on any atom is -0.497 e. The van der Waals surface area contributed by atoms with Crippen LogP contribution in [0.2, 0.25) is 0 Å². The van der Waals surface area contributed by atoms with Crippen LogP contribution in [0.5, 0.6) is 5.75 Å². The van der Waals surface area contributed by atoms with Crippen LogP contribution in [0.4, 0.5) is 0 Å². The summed E-state index contributed by atoms with van der Waals surface area (Å²) in [6.45, 7) is 2.24. The summed E-state index contributed by atoms with van der Waals surface area (Å²) in [4.78, 5) is 27.9. The monoisotopic (exact) mass is 422 g/mol. The van der Waals surface area contributed by atoms with E-state index in [2.05, 4.69) is 5.32 Å². The number of methoxy groups -OCH3 is 1. The largest absolute Gasteiger partial charge is 0.497 e. The first-order valence-electron chi connectivity index (χ1n) is 11.3. The zero-order chi connectivity index (χ0) is 22.1. The van der Waals surface area contributed by atoms with E-state index in [0.717, 1.165) is 42.6 Å². The van der Waals surface area contributed by atoms with Crippen LogP contribution in [0.25, 0.3) is 0 Å². The number of benzene rings is 2. The third-order valence-corrected chi connectivity index (χ3v) is 6.10. The predicted octanol–water partition coefficient (Wildman–Crippen LogP) is 4.49. The molecule has 2 amide bonds. The van der Waals surface area contributed by atoms with Gasteiger partial charge in [0.2, 0.25) is 11.8 Å². The Labute approximate surface area is 185 Å². The van der Waals surface area contributed by atoms with Crippen LogP contribution < -0.4 is 10.1 Å². The van der Waals surface area contributed by atoms with Gasteiger partial charge in [-0.15, -0.1) is 0 Å². The zero-order valence-corrected chi connectivity index (χ0v) is 18.7. The van der Waals surface area contributed by atoms with E-state index >= 15 is 0 Å². The molecule has 0 aromatic heterocycles. The molecule has 31 heavy (non-hydrogen) atoms. The van der Waals surface area contributed by atoms with Gasteiger partial charge in [-0.1, -0.05) is 61.7 Å². The summed E-state index contributed by atoms with van der Waals surface area (Å²) < 4.78 is 5.23. The molecule has 1 saturated carbocycles. The summed E-state index contributed by atoms with van der Waals surface area (Å²) >= 11 is 0. The Bertz CT molecular complexity index is 829. The number of aryl methyl sites for hydroxylation is 1. The molecular weight excluding hydrogens is 388 g/mol. The second kappa shape index (κ2) is 11.5. The molecule has 0 bridgehead atoms. The van der Waals surface area contributed by atoms with Gasteiger partial charge in [0.15, 0.2) is 0 Å². The minimum absolute atomic E-state index is 0.00837. The molecule has 0 radical (unpaired) electrons. The summed E-state index contributed by atoms with van der Waals surface area (Å²) in [7, 11) is 1.63. The summed E-state index contributed by atoms with van der Waals surface area (Å²) in [5.74, 6) is 0.702. The molecule has 1 atom stereocenters. The van der Waals surface area contributed by atoms with Crippen LogP contribution in [0.3, 0.4) is 0 Å². The Morgan fingerprint density at radius 3 is 2.32 bits per heavy atom. The van der Waals surface area contributed by atoms with Crippen molar-refractivity contribution < 1.29 is 14.3 Å². The van der Waals surface area contributed by atoms with Crippen molar-refractivity contribution in [3.63, 3.8) is 0 Å². The lowest BCUT2D eigenvalue weighted by Gasteiger charge is -2.31. The van der Waals surface area contributed by atoms with Crippen molar-refractivity contribution in [1.82, 2.24) is 10.2 Å². The van der Waals surface area contributed by atoms with E-state index in [9.17, 15) is 9.59 Å². The number of carbonyl (C=O) groups is 2. The van der Waals surface area contributed by atoms with Gasteiger partial charge in [-0.05, 0) is 49.4 Å². The lowest BCUT2D eigenvalue weighted by molar-refractivity contribution is -0.141. The zero-order valence-electron chi connectivity index (χ0n) is 18.7. The number of hydrogen-bond donors (Lipinski definition) is 1. The third-order valence-electron chi connectivity index (χ3n) is 6.10. The Balaban J connectivity index is 1.69. The molecule has 2 aromatic carbocycles. The lowest BCUT2D eigenvalue weighted by Crippen LogP contribution is -2.50. The van der Waals surface area contributed by atoms with E-state index in [0.29, 0.717) is 19.4 Å². The maximum absolute atomic E-state index is 13.2. The Morgan fingerprint density at radius 2 is 1.68 bits per heavy atom. The van der Waals surface area contributed by atoms with Crippen LogP contribution in [0, 0.1) is 0 Å². The van der Waals surface area contributed by atoms with Gasteiger partial charge in [-0.3, -0.25) is 9.59 Å². The standard InChI is InChI=1S/C26H34N2O3/c1-20(26(30)27-23-11-7-4-8-12-23)28(19-22-13-16-24(31-2)17-14-22)25(29)18-15-21-9-5-3-6-10-21/h3,5-6,9-10,13-14,16-17,20,23H,4,7-8,11-12,15,18-19H2,1-2H3,(H,27,30)/t20-/m0/s1. The summed E-state index contributed by atoms with van der Waals surface area (Å²) in [6.07, 6.45) is 6.65. The second-order valence-electron chi connectivity index (χ2n) is 8.37. The van der Waals surface area contributed by atoms with Crippen LogP contribution in [0.15, 0.2) is 54.6 Å². The molecule has 0 unspecified atom stereocenters. The minimum atomic E-state index is -0.521. The third kappa shape index (κ3) is 6.84. The van der Waals surface area contributed by atoms with Crippen molar-refractivity contribution in [2.75, 3.05) is 7.11 Å². The molecule has 2 aromatic rings. The number of rotatable bonds is 9. The maximum Gasteiger partial charge on any atom is 0.242 e. The molecule has 3 rings (SSSR count). The van der Waals surface area contributed by atoms with Gasteiger partial charge < -0.3 is 15.0 Å². The number of nitrogens with zero attached hydrogens (tertiary/aromatic N) is 1. The molecule has 5 nitrogen and oxygen atoms in total. The molecule has 0 heterocycles. The summed E-state index contributed by atoms with van der Waals surface area (Å²) in [5.41, 5.74) is 2.10. The van der Waals surface area contributed by atoms with Crippen molar-refractivity contribution in [1.29, 1.82) is 0 Å². The Hall–Kier alpha value is -2.82. The van der Waals surface area contributed by atoms with Crippen LogP contribution in [-0.2, 0) is 22.6 Å². The summed E-state index contributed by atoms with van der Waals surface area (Å²) in [5, 5.41) is 3.18. The molecule has 0 spiro atoms. The first-order chi connectivity index (χ1) is 15.1. The Morgan fingerprint density at radius 1 is 1.00 bits per heavy atom. The molecule has 1 N–H and O–H groups in total. The quantitative estimate of drug-likeness (QED) is 0.648. The first-order valence-corrected chi connectivity index (χ1v) is 11.3. The van der Waals surface area contributed by atoms with Gasteiger partial charge in [0.25, 0.3) is 0 Å². The summed E-state index contributed by atoms with van der Waals surface area (Å²) in [6, 6.07) is 17.4. The smallest absolute Gasteiger partial charge is 0.242 e. The average Bonchev–Trinajstić information content (AvgIpc) is 2.82. The van der Waals surface area contributed by atoms with E-state index < -0.39 is 6.04 Å². The lowest BCUT2D eigenvalue weighted by atomic mass is 9.95. The topological polar surface area (TPSA) is 58.6 Å². The van der Waals surface area contributed by atoms with Crippen LogP contribution >= 0.6 is 0 Å². The molecule has 0 aliphatic heterocycles. The number of carbonyl (C=O) groups excluding carboxylic acids is 2. The van der Waals surface area contributed by atoms with Crippen molar-refractivity contribution in [2.45, 2.75) is 70.5 Å². The van der Waals surface area contributed by atoms with E-state index in [-0.39, 0.29) is 17.9 Å². The Kier molecular flexibility index (Phi) is 8.51. The van der Waals surface area contributed by atoms with Gasteiger partial charge in [0.05, 0.1) is 7.11 Å². The van der Waals surface area contributed by atoms with Gasteiger partial charge in [0.1, 0.15) is 11.8 Å². The predicted molar refractivity (Wildman–Crippen MR) is 123 cm³/mol.